The molecule has 0 fully saturated rings. The Hall–Kier alpha value is -4.59. The average Bonchev–Trinajstić information content (AvgIpc) is 3.32. The van der Waals surface area contributed by atoms with Crippen molar-refractivity contribution in [3.63, 3.8) is 0 Å². The molecule has 8 heteroatoms. The second-order valence-corrected chi connectivity index (χ2v) is 9.03. The van der Waals surface area contributed by atoms with Crippen LogP contribution < -0.4 is 10.3 Å². The van der Waals surface area contributed by atoms with E-state index >= 15 is 0 Å². The number of nitrogens with zero attached hydrogens (tertiary/aromatic N) is 3. The minimum Gasteiger partial charge on any atom is -0.488 e. The normalized spacial score (nSPS) is 12.5. The summed E-state index contributed by atoms with van der Waals surface area (Å²) in [6.07, 6.45) is 1.72. The zero-order chi connectivity index (χ0) is 26.3. The molecule has 1 aliphatic rings. The Morgan fingerprint density at radius 3 is 2.43 bits per heavy atom. The first kappa shape index (κ1) is 24.1. The van der Waals surface area contributed by atoms with Gasteiger partial charge >= 0.3 is 5.97 Å². The quantitative estimate of drug-likeness (QED) is 0.296. The first-order valence-electron chi connectivity index (χ1n) is 11.9. The average molecular weight is 498 g/mol. The van der Waals surface area contributed by atoms with Gasteiger partial charge in [-0.2, -0.15) is 0 Å². The number of ketones is 1. The lowest BCUT2D eigenvalue weighted by Crippen LogP contribution is -2.22. The highest BCUT2D eigenvalue weighted by atomic mass is 16.5. The number of esters is 1. The van der Waals surface area contributed by atoms with E-state index in [1.165, 1.54) is 0 Å². The maximum Gasteiger partial charge on any atom is 0.337 e. The van der Waals surface area contributed by atoms with Crippen LogP contribution >= 0.6 is 0 Å². The number of aryl methyl sites for hydroxylation is 1. The maximum absolute atomic E-state index is 13.5. The van der Waals surface area contributed by atoms with Crippen LogP contribution in [-0.2, 0) is 16.6 Å². The Morgan fingerprint density at radius 1 is 0.973 bits per heavy atom. The zero-order valence-corrected chi connectivity index (χ0v) is 21.1. The van der Waals surface area contributed by atoms with Crippen LogP contribution in [0.5, 0.6) is 5.75 Å². The Labute approximate surface area is 214 Å². The van der Waals surface area contributed by atoms with E-state index < -0.39 is 12.6 Å². The lowest BCUT2D eigenvalue weighted by molar-refractivity contribution is -0.138. The summed E-state index contributed by atoms with van der Waals surface area (Å²) >= 11 is 0. The summed E-state index contributed by atoms with van der Waals surface area (Å²) in [6, 6.07) is 18.5. The predicted molar refractivity (Wildman–Crippen MR) is 140 cm³/mol. The van der Waals surface area contributed by atoms with Gasteiger partial charge in [-0.25, -0.2) is 9.48 Å². The number of ether oxygens (including phenoxy) is 2. The molecule has 0 atom stereocenters. The van der Waals surface area contributed by atoms with Gasteiger partial charge in [0.15, 0.2) is 6.61 Å². The molecule has 0 amide bonds. The third kappa shape index (κ3) is 4.20. The minimum absolute atomic E-state index is 0.0829. The standard InChI is InChI=1S/C29H27N3O5/c1-18-14-24(25(33)17-37-29(35)22-15-21-10-8-9-13-26(21)36-16-22)19(2)31(18)27-20(3)30(4)32(28(27)34)23-11-6-5-7-12-23/h5-15H,16-17H2,1-4H3. The predicted octanol–water partition coefficient (Wildman–Crippen LogP) is 4.09. The van der Waals surface area contributed by atoms with Crippen LogP contribution in [0.1, 0.15) is 33.0 Å². The summed E-state index contributed by atoms with van der Waals surface area (Å²) in [5.74, 6) is -0.242. The minimum atomic E-state index is -0.596. The van der Waals surface area contributed by atoms with Crippen LogP contribution in [0.4, 0.5) is 0 Å². The fourth-order valence-electron chi connectivity index (χ4n) is 4.74. The Kier molecular flexibility index (Phi) is 6.17. The number of carbonyl (C=O) groups is 2. The third-order valence-electron chi connectivity index (χ3n) is 6.71. The number of rotatable bonds is 6. The fourth-order valence-corrected chi connectivity index (χ4v) is 4.74. The van der Waals surface area contributed by atoms with E-state index in [-0.39, 0.29) is 17.9 Å². The zero-order valence-electron chi connectivity index (χ0n) is 21.1. The number of benzene rings is 2. The molecule has 0 saturated carbocycles. The lowest BCUT2D eigenvalue weighted by atomic mass is 10.1. The van der Waals surface area contributed by atoms with Crippen molar-refractivity contribution >= 4 is 17.8 Å². The smallest absolute Gasteiger partial charge is 0.337 e. The third-order valence-corrected chi connectivity index (χ3v) is 6.71. The SMILES string of the molecule is Cc1cc(C(=O)COC(=O)C2=Cc3ccccc3OC2)c(C)n1-c1c(C)n(C)n(-c2ccccc2)c1=O. The van der Waals surface area contributed by atoms with Gasteiger partial charge < -0.3 is 14.0 Å². The number of fused-ring (bicyclic) bond motifs is 1. The summed E-state index contributed by atoms with van der Waals surface area (Å²) in [4.78, 5) is 39.2. The second kappa shape index (κ2) is 9.46. The molecular weight excluding hydrogens is 470 g/mol. The van der Waals surface area contributed by atoms with Gasteiger partial charge in [-0.05, 0) is 51.1 Å². The molecule has 2 aromatic carbocycles. The second-order valence-electron chi connectivity index (χ2n) is 9.03. The largest absolute Gasteiger partial charge is 0.488 e. The van der Waals surface area contributed by atoms with E-state index in [4.69, 9.17) is 9.47 Å². The van der Waals surface area contributed by atoms with Crippen molar-refractivity contribution < 1.29 is 19.1 Å². The first-order chi connectivity index (χ1) is 17.8. The van der Waals surface area contributed by atoms with E-state index in [0.717, 1.165) is 22.6 Å². The molecule has 4 aromatic rings. The molecule has 0 spiro atoms. The monoisotopic (exact) mass is 497 g/mol. The van der Waals surface area contributed by atoms with E-state index in [2.05, 4.69) is 0 Å². The van der Waals surface area contributed by atoms with Gasteiger partial charge in [-0.1, -0.05) is 36.4 Å². The molecule has 8 nitrogen and oxygen atoms in total. The number of Topliss-reactive ketones (excluding diaryl/α,β-unsaturated/α-hetero) is 1. The van der Waals surface area contributed by atoms with Gasteiger partial charge in [0.25, 0.3) is 5.56 Å². The maximum atomic E-state index is 13.5. The molecule has 188 valence electrons. The van der Waals surface area contributed by atoms with Gasteiger partial charge in [-0.15, -0.1) is 0 Å². The van der Waals surface area contributed by atoms with Crippen molar-refractivity contribution in [3.05, 3.63) is 105 Å². The van der Waals surface area contributed by atoms with Crippen molar-refractivity contribution in [2.24, 2.45) is 7.05 Å². The Balaban J connectivity index is 1.40. The van der Waals surface area contributed by atoms with Crippen LogP contribution in [0.3, 0.4) is 0 Å². The fraction of sp³-hybridized carbons (Fsp3) is 0.207. The highest BCUT2D eigenvalue weighted by molar-refractivity contribution is 6.01. The molecule has 37 heavy (non-hydrogen) atoms. The molecule has 3 heterocycles. The van der Waals surface area contributed by atoms with Gasteiger partial charge in [0.2, 0.25) is 5.78 Å². The van der Waals surface area contributed by atoms with E-state index in [0.29, 0.717) is 28.3 Å². The summed E-state index contributed by atoms with van der Waals surface area (Å²) in [5.41, 5.74) is 4.66. The van der Waals surface area contributed by atoms with Crippen LogP contribution in [-0.4, -0.2) is 38.9 Å². The van der Waals surface area contributed by atoms with Crippen molar-refractivity contribution in [2.75, 3.05) is 13.2 Å². The summed E-state index contributed by atoms with van der Waals surface area (Å²) < 4.78 is 16.1. The molecule has 1 aliphatic heterocycles. The lowest BCUT2D eigenvalue weighted by Gasteiger charge is -2.16. The van der Waals surface area contributed by atoms with Crippen molar-refractivity contribution in [1.82, 2.24) is 13.9 Å². The summed E-state index contributed by atoms with van der Waals surface area (Å²) in [6.45, 7) is 5.17. The van der Waals surface area contributed by atoms with E-state index in [1.807, 2.05) is 75.5 Å². The summed E-state index contributed by atoms with van der Waals surface area (Å²) in [5, 5.41) is 0. The summed E-state index contributed by atoms with van der Waals surface area (Å²) in [7, 11) is 1.83. The van der Waals surface area contributed by atoms with Crippen molar-refractivity contribution in [2.45, 2.75) is 20.8 Å². The number of carbonyl (C=O) groups excluding carboxylic acids is 2. The van der Waals surface area contributed by atoms with Crippen LogP contribution in [0.2, 0.25) is 0 Å². The topological polar surface area (TPSA) is 84.5 Å². The molecule has 0 saturated heterocycles. The number of hydrogen-bond acceptors (Lipinski definition) is 5. The molecule has 0 N–H and O–H groups in total. The molecule has 0 aliphatic carbocycles. The van der Waals surface area contributed by atoms with Crippen LogP contribution in [0.25, 0.3) is 17.5 Å². The van der Waals surface area contributed by atoms with Gasteiger partial charge in [0.1, 0.15) is 18.0 Å². The molecule has 5 rings (SSSR count). The Bertz CT molecular complexity index is 1620. The molecule has 0 radical (unpaired) electrons. The van der Waals surface area contributed by atoms with Gasteiger partial charge in [0, 0.05) is 29.6 Å². The number of hydrogen-bond donors (Lipinski definition) is 0. The van der Waals surface area contributed by atoms with Crippen LogP contribution in [0, 0.1) is 20.8 Å². The Morgan fingerprint density at radius 2 is 1.68 bits per heavy atom. The highest BCUT2D eigenvalue weighted by Gasteiger charge is 2.25. The highest BCUT2D eigenvalue weighted by Crippen LogP contribution is 2.26. The molecular formula is C29H27N3O5. The van der Waals surface area contributed by atoms with Gasteiger partial charge in [-0.3, -0.25) is 14.3 Å². The molecule has 0 bridgehead atoms. The van der Waals surface area contributed by atoms with E-state index in [9.17, 15) is 14.4 Å². The number of aromatic nitrogens is 3. The molecule has 2 aromatic heterocycles. The van der Waals surface area contributed by atoms with Crippen molar-refractivity contribution in [3.8, 4) is 17.1 Å². The molecule has 0 unspecified atom stereocenters. The van der Waals surface area contributed by atoms with E-state index in [1.54, 1.807) is 33.0 Å². The van der Waals surface area contributed by atoms with Gasteiger partial charge in [0.05, 0.1) is 17.0 Å². The van der Waals surface area contributed by atoms with Crippen molar-refractivity contribution in [1.29, 1.82) is 0 Å². The number of para-hydroxylation sites is 2. The first-order valence-corrected chi connectivity index (χ1v) is 11.9. The van der Waals surface area contributed by atoms with Crippen LogP contribution in [0.15, 0.2) is 71.0 Å².